The van der Waals surface area contributed by atoms with Crippen molar-refractivity contribution in [2.24, 2.45) is 29.1 Å². The standard InChI is InChI=1S/C31H44N2O7/c1-16(2)30(38)33(14-18-6-7-19-12-22(18)31(19,3)4)23-13-21(29(37)32-8-9-34)25-20-10-17(15-35)11-24(39-5)27(20)40-28(25)26(23)36/h10-11,13,16,18-19,22-23,25-26,28,34-36H,6-9,12,14-15H2,1-5H3,(H,32,37). The number of rotatable bonds is 9. The number of benzene rings is 1. The molecule has 0 spiro atoms. The summed E-state index contributed by atoms with van der Waals surface area (Å²) in [5, 5.41) is 33.8. The van der Waals surface area contributed by atoms with Crippen molar-refractivity contribution in [1.82, 2.24) is 10.2 Å². The molecule has 2 amide bonds. The molecular weight excluding hydrogens is 512 g/mol. The summed E-state index contributed by atoms with van der Waals surface area (Å²) in [6.07, 6.45) is 3.17. The number of hydrogen-bond acceptors (Lipinski definition) is 7. The summed E-state index contributed by atoms with van der Waals surface area (Å²) in [5.41, 5.74) is 1.86. The van der Waals surface area contributed by atoms with E-state index in [1.165, 1.54) is 13.5 Å². The van der Waals surface area contributed by atoms with E-state index in [-0.39, 0.29) is 42.9 Å². The molecule has 1 heterocycles. The topological polar surface area (TPSA) is 129 Å². The summed E-state index contributed by atoms with van der Waals surface area (Å²) in [5.74, 6) is 1.04. The van der Waals surface area contributed by atoms with Gasteiger partial charge in [-0.1, -0.05) is 27.7 Å². The second-order valence-electron chi connectivity index (χ2n) is 12.9. The molecule has 3 fully saturated rings. The average Bonchev–Trinajstić information content (AvgIpc) is 3.34. The number of carbonyl (C=O) groups excluding carboxylic acids is 2. The van der Waals surface area contributed by atoms with E-state index in [0.29, 0.717) is 46.6 Å². The highest BCUT2D eigenvalue weighted by Crippen LogP contribution is 2.61. The van der Waals surface area contributed by atoms with Gasteiger partial charge in [-0.2, -0.15) is 0 Å². The molecule has 4 aliphatic carbocycles. The molecule has 7 atom stereocenters. The van der Waals surface area contributed by atoms with Gasteiger partial charge in [-0.3, -0.25) is 9.59 Å². The van der Waals surface area contributed by atoms with Crippen LogP contribution in [-0.4, -0.2) is 77.1 Å². The van der Waals surface area contributed by atoms with E-state index >= 15 is 0 Å². The van der Waals surface area contributed by atoms with Crippen molar-refractivity contribution in [3.63, 3.8) is 0 Å². The lowest BCUT2D eigenvalue weighted by Gasteiger charge is -2.61. The number of amides is 2. The maximum Gasteiger partial charge on any atom is 0.247 e. The van der Waals surface area contributed by atoms with E-state index in [4.69, 9.17) is 9.47 Å². The third-order valence-electron chi connectivity index (χ3n) is 10.1. The van der Waals surface area contributed by atoms with Crippen LogP contribution in [-0.2, 0) is 16.2 Å². The Hall–Kier alpha value is -2.62. The van der Waals surface area contributed by atoms with Crippen LogP contribution < -0.4 is 14.8 Å². The van der Waals surface area contributed by atoms with Crippen molar-refractivity contribution in [1.29, 1.82) is 0 Å². The third kappa shape index (κ3) is 4.69. The summed E-state index contributed by atoms with van der Waals surface area (Å²) in [4.78, 5) is 29.1. The van der Waals surface area contributed by atoms with Gasteiger partial charge in [-0.05, 0) is 66.2 Å². The van der Waals surface area contributed by atoms with Gasteiger partial charge in [-0.25, -0.2) is 0 Å². The third-order valence-corrected chi connectivity index (χ3v) is 10.1. The van der Waals surface area contributed by atoms with Crippen LogP contribution in [0.5, 0.6) is 11.5 Å². The minimum Gasteiger partial charge on any atom is -0.493 e. The lowest BCUT2D eigenvalue weighted by Crippen LogP contribution is -2.60. The van der Waals surface area contributed by atoms with Gasteiger partial charge in [0.1, 0.15) is 12.2 Å². The monoisotopic (exact) mass is 556 g/mol. The number of aliphatic hydroxyl groups is 3. The largest absolute Gasteiger partial charge is 0.493 e. The van der Waals surface area contributed by atoms with Crippen LogP contribution in [0.25, 0.3) is 0 Å². The van der Waals surface area contributed by atoms with Gasteiger partial charge in [0.15, 0.2) is 11.5 Å². The number of ether oxygens (including phenoxy) is 2. The molecule has 1 aromatic carbocycles. The van der Waals surface area contributed by atoms with E-state index < -0.39 is 24.2 Å². The second-order valence-corrected chi connectivity index (χ2v) is 12.9. The average molecular weight is 557 g/mol. The number of methoxy groups -OCH3 is 1. The zero-order valence-electron chi connectivity index (χ0n) is 24.2. The van der Waals surface area contributed by atoms with Gasteiger partial charge < -0.3 is 35.0 Å². The molecule has 9 nitrogen and oxygen atoms in total. The molecule has 6 rings (SSSR count). The fraction of sp³-hybridized carbons (Fsp3) is 0.677. The van der Waals surface area contributed by atoms with Crippen molar-refractivity contribution < 1.29 is 34.4 Å². The first-order valence-corrected chi connectivity index (χ1v) is 14.6. The Morgan fingerprint density at radius 2 is 1.98 bits per heavy atom. The Balaban J connectivity index is 1.56. The molecule has 9 heteroatoms. The summed E-state index contributed by atoms with van der Waals surface area (Å²) >= 11 is 0. The molecule has 1 aromatic rings. The van der Waals surface area contributed by atoms with Gasteiger partial charge in [0, 0.05) is 30.1 Å². The zero-order valence-corrected chi connectivity index (χ0v) is 24.2. The van der Waals surface area contributed by atoms with E-state index in [9.17, 15) is 24.9 Å². The Bertz CT molecular complexity index is 1180. The van der Waals surface area contributed by atoms with E-state index in [1.807, 2.05) is 13.8 Å². The van der Waals surface area contributed by atoms with E-state index in [0.717, 1.165) is 18.8 Å². The predicted octanol–water partition coefficient (Wildman–Crippen LogP) is 2.37. The fourth-order valence-electron chi connectivity index (χ4n) is 7.74. The van der Waals surface area contributed by atoms with Crippen LogP contribution in [0.3, 0.4) is 0 Å². The lowest BCUT2D eigenvalue weighted by molar-refractivity contribution is -0.149. The minimum atomic E-state index is -1.09. The first-order valence-electron chi connectivity index (χ1n) is 14.6. The SMILES string of the molecule is COc1cc(CO)cc2c1OC1C2C(C(=O)NCCO)=CC(N(CC2CCC3CC2C3(C)C)C(=O)C(C)C)C1O. The Morgan fingerprint density at radius 3 is 2.58 bits per heavy atom. The number of nitrogens with zero attached hydrogens (tertiary/aromatic N) is 1. The van der Waals surface area contributed by atoms with Gasteiger partial charge in [-0.15, -0.1) is 0 Å². The molecule has 3 saturated carbocycles. The van der Waals surface area contributed by atoms with Crippen LogP contribution in [0.1, 0.15) is 64.0 Å². The number of aliphatic hydroxyl groups excluding tert-OH is 3. The van der Waals surface area contributed by atoms with Crippen LogP contribution in [0.15, 0.2) is 23.8 Å². The number of nitrogens with one attached hydrogen (secondary N) is 1. The maximum absolute atomic E-state index is 13.7. The van der Waals surface area contributed by atoms with Crippen molar-refractivity contribution in [3.05, 3.63) is 34.9 Å². The Kier molecular flexibility index (Phi) is 7.94. The smallest absolute Gasteiger partial charge is 0.247 e. The van der Waals surface area contributed by atoms with Gasteiger partial charge in [0.05, 0.1) is 32.3 Å². The fourth-order valence-corrected chi connectivity index (χ4v) is 7.74. The molecule has 2 bridgehead atoms. The van der Waals surface area contributed by atoms with Gasteiger partial charge in [0.2, 0.25) is 11.8 Å². The quantitative estimate of drug-likeness (QED) is 0.368. The second kappa shape index (κ2) is 11.0. The summed E-state index contributed by atoms with van der Waals surface area (Å²) in [6, 6.07) is 2.70. The van der Waals surface area contributed by atoms with Crippen molar-refractivity contribution in [3.8, 4) is 11.5 Å². The van der Waals surface area contributed by atoms with E-state index in [2.05, 4.69) is 19.2 Å². The Labute approximate surface area is 236 Å². The van der Waals surface area contributed by atoms with Crippen LogP contribution in [0.2, 0.25) is 0 Å². The molecule has 1 aliphatic heterocycles. The summed E-state index contributed by atoms with van der Waals surface area (Å²) in [7, 11) is 1.51. The minimum absolute atomic E-state index is 0.0659. The molecule has 0 saturated heterocycles. The summed E-state index contributed by atoms with van der Waals surface area (Å²) < 4.78 is 11.9. The van der Waals surface area contributed by atoms with Crippen LogP contribution >= 0.6 is 0 Å². The Morgan fingerprint density at radius 1 is 1.23 bits per heavy atom. The molecule has 4 N–H and O–H groups in total. The molecule has 0 radical (unpaired) electrons. The lowest BCUT2D eigenvalue weighted by atomic mass is 9.45. The van der Waals surface area contributed by atoms with E-state index in [1.54, 1.807) is 23.1 Å². The van der Waals surface area contributed by atoms with Crippen molar-refractivity contribution in [2.45, 2.75) is 77.7 Å². The number of fused-ring (bicyclic) bond motifs is 5. The van der Waals surface area contributed by atoms with Crippen LogP contribution in [0, 0.1) is 29.1 Å². The zero-order chi connectivity index (χ0) is 28.9. The van der Waals surface area contributed by atoms with Gasteiger partial charge in [0.25, 0.3) is 0 Å². The molecule has 0 aromatic heterocycles. The highest BCUT2D eigenvalue weighted by molar-refractivity contribution is 5.96. The molecule has 5 aliphatic rings. The predicted molar refractivity (Wildman–Crippen MR) is 149 cm³/mol. The molecule has 40 heavy (non-hydrogen) atoms. The number of hydrogen-bond donors (Lipinski definition) is 4. The van der Waals surface area contributed by atoms with Gasteiger partial charge >= 0.3 is 0 Å². The highest BCUT2D eigenvalue weighted by Gasteiger charge is 2.56. The van der Waals surface area contributed by atoms with Crippen molar-refractivity contribution in [2.75, 3.05) is 26.8 Å². The highest BCUT2D eigenvalue weighted by atomic mass is 16.5. The maximum atomic E-state index is 13.7. The van der Waals surface area contributed by atoms with Crippen LogP contribution in [0.4, 0.5) is 0 Å². The normalized spacial score (nSPS) is 31.3. The molecule has 7 unspecified atom stereocenters. The number of carbonyl (C=O) groups is 2. The first-order chi connectivity index (χ1) is 19.0. The molecular formula is C31H44N2O7. The molecule has 220 valence electrons. The first kappa shape index (κ1) is 28.9. The van der Waals surface area contributed by atoms with Crippen molar-refractivity contribution >= 4 is 11.8 Å². The summed E-state index contributed by atoms with van der Waals surface area (Å²) in [6.45, 7) is 8.53.